The Kier molecular flexibility index (Phi) is 3.75. The number of aliphatic carboxylic acids is 1. The number of aromatic nitrogens is 2. The van der Waals surface area contributed by atoms with Gasteiger partial charge in [-0.2, -0.15) is 5.10 Å². The number of nitrogens with zero attached hydrogens (tertiary/aromatic N) is 3. The first kappa shape index (κ1) is 12.1. The summed E-state index contributed by atoms with van der Waals surface area (Å²) in [5, 5.41) is 16.3. The van der Waals surface area contributed by atoms with Crippen LogP contribution in [0.25, 0.3) is 0 Å². The number of hydrogen-bond donors (Lipinski definition) is 2. The molecule has 0 bridgehead atoms. The maximum Gasteiger partial charge on any atom is 0.322 e. The molecule has 6 nitrogen and oxygen atoms in total. The number of carboxylic acid groups (broad SMARTS) is 1. The zero-order valence-electron chi connectivity index (χ0n) is 9.96. The van der Waals surface area contributed by atoms with E-state index in [-0.39, 0.29) is 0 Å². The van der Waals surface area contributed by atoms with E-state index in [2.05, 4.69) is 10.4 Å². The predicted molar refractivity (Wildman–Crippen MR) is 62.8 cm³/mol. The lowest BCUT2D eigenvalue weighted by molar-refractivity contribution is -0.143. The summed E-state index contributed by atoms with van der Waals surface area (Å²) < 4.78 is 1.77. The molecule has 0 aliphatic carbocycles. The van der Waals surface area contributed by atoms with Gasteiger partial charge in [0, 0.05) is 39.4 Å². The zero-order chi connectivity index (χ0) is 12.3. The molecule has 0 spiro atoms. The Bertz CT molecular complexity index is 391. The second kappa shape index (κ2) is 5.29. The van der Waals surface area contributed by atoms with Gasteiger partial charge in [0.25, 0.3) is 0 Å². The number of hydrogen-bond acceptors (Lipinski definition) is 4. The average molecular weight is 238 g/mol. The fourth-order valence-electron chi connectivity index (χ4n) is 2.13. The summed E-state index contributed by atoms with van der Waals surface area (Å²) in [5.41, 5.74) is 1.15. The van der Waals surface area contributed by atoms with Gasteiger partial charge in [-0.15, -0.1) is 0 Å². The highest BCUT2D eigenvalue weighted by Crippen LogP contribution is 2.06. The van der Waals surface area contributed by atoms with E-state index in [1.807, 2.05) is 24.3 Å². The second-order valence-electron chi connectivity index (χ2n) is 4.37. The third-order valence-electron chi connectivity index (χ3n) is 3.09. The van der Waals surface area contributed by atoms with Gasteiger partial charge in [-0.25, -0.2) is 0 Å². The van der Waals surface area contributed by atoms with Crippen LogP contribution >= 0.6 is 0 Å². The fourth-order valence-corrected chi connectivity index (χ4v) is 2.13. The molecule has 1 aliphatic heterocycles. The first-order valence-electron chi connectivity index (χ1n) is 5.82. The van der Waals surface area contributed by atoms with E-state index in [0.717, 1.165) is 31.6 Å². The van der Waals surface area contributed by atoms with Crippen molar-refractivity contribution in [1.82, 2.24) is 20.0 Å². The second-order valence-corrected chi connectivity index (χ2v) is 4.37. The van der Waals surface area contributed by atoms with Crippen molar-refractivity contribution < 1.29 is 9.90 Å². The van der Waals surface area contributed by atoms with Gasteiger partial charge in [0.2, 0.25) is 0 Å². The van der Waals surface area contributed by atoms with E-state index in [9.17, 15) is 4.79 Å². The van der Waals surface area contributed by atoms with Crippen LogP contribution in [0.15, 0.2) is 12.4 Å². The highest BCUT2D eigenvalue weighted by atomic mass is 16.4. The molecule has 0 radical (unpaired) electrons. The molecule has 0 aromatic carbocycles. The van der Waals surface area contributed by atoms with Gasteiger partial charge in [-0.05, 0) is 12.0 Å². The molecule has 1 atom stereocenters. The molecule has 1 fully saturated rings. The van der Waals surface area contributed by atoms with Gasteiger partial charge in [0.05, 0.1) is 6.20 Å². The lowest BCUT2D eigenvalue weighted by Crippen LogP contribution is -2.55. The van der Waals surface area contributed by atoms with Gasteiger partial charge in [-0.3, -0.25) is 14.4 Å². The SMILES string of the molecule is Cn1cc(CCN2CCNCC2C(=O)O)cn1. The molecule has 2 heterocycles. The van der Waals surface area contributed by atoms with E-state index in [4.69, 9.17) is 5.11 Å². The van der Waals surface area contributed by atoms with Crippen molar-refractivity contribution in [2.75, 3.05) is 26.2 Å². The topological polar surface area (TPSA) is 70.4 Å². The molecule has 1 saturated heterocycles. The van der Waals surface area contributed by atoms with Gasteiger partial charge < -0.3 is 10.4 Å². The monoisotopic (exact) mass is 238 g/mol. The summed E-state index contributed by atoms with van der Waals surface area (Å²) in [6.45, 7) is 2.95. The van der Waals surface area contributed by atoms with Crippen LogP contribution in [0.3, 0.4) is 0 Å². The minimum atomic E-state index is -0.747. The quantitative estimate of drug-likeness (QED) is 0.727. The summed E-state index contributed by atoms with van der Waals surface area (Å²) in [4.78, 5) is 13.1. The van der Waals surface area contributed by atoms with E-state index >= 15 is 0 Å². The molecule has 1 aromatic rings. The lowest BCUT2D eigenvalue weighted by Gasteiger charge is -2.33. The summed E-state index contributed by atoms with van der Waals surface area (Å²) in [6, 6.07) is -0.402. The Morgan fingerprint density at radius 1 is 1.71 bits per heavy atom. The zero-order valence-corrected chi connectivity index (χ0v) is 9.96. The Morgan fingerprint density at radius 3 is 3.18 bits per heavy atom. The minimum absolute atomic E-state index is 0.402. The smallest absolute Gasteiger partial charge is 0.322 e. The van der Waals surface area contributed by atoms with E-state index < -0.39 is 12.0 Å². The van der Waals surface area contributed by atoms with Crippen LogP contribution in [0.5, 0.6) is 0 Å². The average Bonchev–Trinajstić information content (AvgIpc) is 2.73. The molecule has 0 saturated carbocycles. The third kappa shape index (κ3) is 3.04. The molecule has 6 heteroatoms. The first-order valence-corrected chi connectivity index (χ1v) is 5.82. The number of carbonyl (C=O) groups is 1. The maximum atomic E-state index is 11.1. The van der Waals surface area contributed by atoms with Gasteiger partial charge >= 0.3 is 5.97 Å². The Hall–Kier alpha value is -1.40. The third-order valence-corrected chi connectivity index (χ3v) is 3.09. The van der Waals surface area contributed by atoms with Crippen molar-refractivity contribution in [3.63, 3.8) is 0 Å². The van der Waals surface area contributed by atoms with Crippen molar-refractivity contribution in [2.24, 2.45) is 7.05 Å². The molecule has 2 rings (SSSR count). The van der Waals surface area contributed by atoms with Crippen LogP contribution in [0.2, 0.25) is 0 Å². The molecule has 1 aromatic heterocycles. The molecule has 0 amide bonds. The molecule has 17 heavy (non-hydrogen) atoms. The number of aryl methyl sites for hydroxylation is 1. The largest absolute Gasteiger partial charge is 0.480 e. The van der Waals surface area contributed by atoms with E-state index in [1.54, 1.807) is 4.68 Å². The maximum absolute atomic E-state index is 11.1. The summed E-state index contributed by atoms with van der Waals surface area (Å²) >= 11 is 0. The normalized spacial score (nSPS) is 21.6. The van der Waals surface area contributed by atoms with Crippen LogP contribution in [-0.4, -0.2) is 58.0 Å². The molecular formula is C11H18N4O2. The number of nitrogens with one attached hydrogen (secondary N) is 1. The number of carboxylic acids is 1. The summed E-state index contributed by atoms with van der Waals surface area (Å²) in [7, 11) is 1.88. The minimum Gasteiger partial charge on any atom is -0.480 e. The highest BCUT2D eigenvalue weighted by Gasteiger charge is 2.27. The van der Waals surface area contributed by atoms with Crippen LogP contribution in [0.4, 0.5) is 0 Å². The van der Waals surface area contributed by atoms with Crippen molar-refractivity contribution in [1.29, 1.82) is 0 Å². The van der Waals surface area contributed by atoms with Crippen molar-refractivity contribution in [3.8, 4) is 0 Å². The highest BCUT2D eigenvalue weighted by molar-refractivity contribution is 5.73. The van der Waals surface area contributed by atoms with Crippen molar-refractivity contribution in [3.05, 3.63) is 18.0 Å². The lowest BCUT2D eigenvalue weighted by atomic mass is 10.1. The fraction of sp³-hybridized carbons (Fsp3) is 0.636. The molecular weight excluding hydrogens is 220 g/mol. The van der Waals surface area contributed by atoms with Crippen molar-refractivity contribution >= 4 is 5.97 Å². The van der Waals surface area contributed by atoms with Crippen LogP contribution in [0.1, 0.15) is 5.56 Å². The Balaban J connectivity index is 1.90. The molecule has 94 valence electrons. The van der Waals surface area contributed by atoms with Crippen LogP contribution in [0, 0.1) is 0 Å². The Labute approximate surface area is 100 Å². The van der Waals surface area contributed by atoms with Crippen LogP contribution in [-0.2, 0) is 18.3 Å². The van der Waals surface area contributed by atoms with Gasteiger partial charge in [0.1, 0.15) is 6.04 Å². The van der Waals surface area contributed by atoms with Gasteiger partial charge in [0.15, 0.2) is 0 Å². The summed E-state index contributed by atoms with van der Waals surface area (Å²) in [5.74, 6) is -0.747. The predicted octanol–water partition coefficient (Wildman–Crippen LogP) is -0.679. The molecule has 2 N–H and O–H groups in total. The van der Waals surface area contributed by atoms with Gasteiger partial charge in [-0.1, -0.05) is 0 Å². The van der Waals surface area contributed by atoms with E-state index in [0.29, 0.717) is 6.54 Å². The molecule has 1 aliphatic rings. The van der Waals surface area contributed by atoms with Crippen molar-refractivity contribution in [2.45, 2.75) is 12.5 Å². The Morgan fingerprint density at radius 2 is 2.53 bits per heavy atom. The standard InChI is InChI=1S/C11H18N4O2/c1-14-8-9(6-13-14)2-4-15-5-3-12-7-10(15)11(16)17/h6,8,10,12H,2-5,7H2,1H3,(H,16,17). The first-order chi connectivity index (χ1) is 8.16. The number of rotatable bonds is 4. The summed E-state index contributed by atoms with van der Waals surface area (Å²) in [6.07, 6.45) is 4.65. The molecule has 1 unspecified atom stereocenters. The van der Waals surface area contributed by atoms with Crippen LogP contribution < -0.4 is 5.32 Å². The number of piperazine rings is 1. The van der Waals surface area contributed by atoms with E-state index in [1.165, 1.54) is 0 Å².